The molecule has 0 spiro atoms. The van der Waals surface area contributed by atoms with Gasteiger partial charge >= 0.3 is 0 Å². The zero-order valence-corrected chi connectivity index (χ0v) is 9.85. The van der Waals surface area contributed by atoms with Gasteiger partial charge in [0.05, 0.1) is 16.3 Å². The molecular weight excluding hydrogens is 254 g/mol. The molecule has 2 rings (SSSR count). The van der Waals surface area contributed by atoms with Crippen LogP contribution in [0.3, 0.4) is 0 Å². The first-order valence-electron chi connectivity index (χ1n) is 4.31. The van der Waals surface area contributed by atoms with E-state index in [1.165, 1.54) is 0 Å². The van der Waals surface area contributed by atoms with Crippen molar-refractivity contribution in [3.8, 4) is 0 Å². The lowest BCUT2D eigenvalue weighted by Crippen LogP contribution is -1.90. The Labute approximate surface area is 103 Å². The molecule has 1 unspecified atom stereocenters. The zero-order chi connectivity index (χ0) is 10.8. The number of hydrogen-bond donors (Lipinski definition) is 0. The van der Waals surface area contributed by atoms with Crippen LogP contribution in [0.2, 0.25) is 10.0 Å². The Morgan fingerprint density at radius 2 is 1.87 bits per heavy atom. The molecule has 1 aromatic heterocycles. The molecule has 1 nitrogen and oxygen atoms in total. The topological polar surface area (TPSA) is 13.1 Å². The van der Waals surface area contributed by atoms with Gasteiger partial charge in [-0.1, -0.05) is 29.3 Å². The number of furan rings is 1. The fourth-order valence-electron chi connectivity index (χ4n) is 1.27. The molecule has 15 heavy (non-hydrogen) atoms. The van der Waals surface area contributed by atoms with Gasteiger partial charge in [0.2, 0.25) is 0 Å². The largest absolute Gasteiger partial charge is 0.467 e. The molecule has 0 N–H and O–H groups in total. The van der Waals surface area contributed by atoms with E-state index in [1.807, 2.05) is 12.1 Å². The monoisotopic (exact) mass is 260 g/mol. The highest BCUT2D eigenvalue weighted by molar-refractivity contribution is 6.42. The van der Waals surface area contributed by atoms with Crippen LogP contribution in [0.4, 0.5) is 0 Å². The summed E-state index contributed by atoms with van der Waals surface area (Å²) in [6.07, 6.45) is 1.59. The maximum Gasteiger partial charge on any atom is 0.126 e. The van der Waals surface area contributed by atoms with E-state index in [2.05, 4.69) is 0 Å². The average Bonchev–Trinajstić information content (AvgIpc) is 2.74. The summed E-state index contributed by atoms with van der Waals surface area (Å²) in [4.78, 5) is 0. The first kappa shape index (κ1) is 10.9. The summed E-state index contributed by atoms with van der Waals surface area (Å²) in [6, 6.07) is 8.90. The van der Waals surface area contributed by atoms with Gasteiger partial charge in [-0.2, -0.15) is 0 Å². The molecule has 4 heteroatoms. The summed E-state index contributed by atoms with van der Waals surface area (Å²) in [5.41, 5.74) is 0.862. The molecule has 0 aliphatic rings. The molecule has 78 valence electrons. The number of hydrogen-bond acceptors (Lipinski definition) is 1. The van der Waals surface area contributed by atoms with E-state index in [-0.39, 0.29) is 5.38 Å². The average molecular weight is 262 g/mol. The fourth-order valence-corrected chi connectivity index (χ4v) is 1.84. The molecule has 1 heterocycles. The third-order valence-electron chi connectivity index (χ3n) is 2.03. The highest BCUT2D eigenvalue weighted by atomic mass is 35.5. The maximum atomic E-state index is 6.20. The minimum atomic E-state index is -0.338. The van der Waals surface area contributed by atoms with Gasteiger partial charge < -0.3 is 4.42 Å². The van der Waals surface area contributed by atoms with E-state index in [9.17, 15) is 0 Å². The van der Waals surface area contributed by atoms with Gasteiger partial charge in [-0.05, 0) is 29.8 Å². The number of alkyl halides is 1. The third-order valence-corrected chi connectivity index (χ3v) is 3.24. The third kappa shape index (κ3) is 2.31. The molecule has 0 amide bonds. The smallest absolute Gasteiger partial charge is 0.126 e. The lowest BCUT2D eigenvalue weighted by Gasteiger charge is -2.07. The van der Waals surface area contributed by atoms with E-state index < -0.39 is 0 Å². The highest BCUT2D eigenvalue weighted by Gasteiger charge is 2.14. The standard InChI is InChI=1S/C11H7Cl3O/c12-8-4-3-7(6-9(8)13)11(14)10-2-1-5-15-10/h1-6,11H. The molecule has 2 aromatic rings. The first-order chi connectivity index (χ1) is 7.18. The molecular formula is C11H7Cl3O. The van der Waals surface area contributed by atoms with Crippen molar-refractivity contribution in [2.45, 2.75) is 5.38 Å². The predicted octanol–water partition coefficient (Wildman–Crippen LogP) is 4.91. The van der Waals surface area contributed by atoms with E-state index in [1.54, 1.807) is 24.5 Å². The first-order valence-corrected chi connectivity index (χ1v) is 5.50. The summed E-state index contributed by atoms with van der Waals surface area (Å²) in [6.45, 7) is 0. The van der Waals surface area contributed by atoms with E-state index in [4.69, 9.17) is 39.2 Å². The van der Waals surface area contributed by atoms with Crippen molar-refractivity contribution >= 4 is 34.8 Å². The molecule has 0 fully saturated rings. The van der Waals surface area contributed by atoms with E-state index >= 15 is 0 Å². The van der Waals surface area contributed by atoms with Crippen LogP contribution < -0.4 is 0 Å². The fraction of sp³-hybridized carbons (Fsp3) is 0.0909. The van der Waals surface area contributed by atoms with Crippen molar-refractivity contribution in [3.63, 3.8) is 0 Å². The molecule has 1 atom stereocenters. The van der Waals surface area contributed by atoms with Crippen molar-refractivity contribution in [3.05, 3.63) is 58.0 Å². The van der Waals surface area contributed by atoms with Crippen LogP contribution in [0.5, 0.6) is 0 Å². The van der Waals surface area contributed by atoms with Gasteiger partial charge in [-0.25, -0.2) is 0 Å². The SMILES string of the molecule is Clc1ccc(C(Cl)c2ccco2)cc1Cl. The summed E-state index contributed by atoms with van der Waals surface area (Å²) < 4.78 is 5.21. The van der Waals surface area contributed by atoms with Crippen molar-refractivity contribution < 1.29 is 4.42 Å². The second-order valence-electron chi connectivity index (χ2n) is 3.05. The van der Waals surface area contributed by atoms with Gasteiger partial charge in [-0.3, -0.25) is 0 Å². The van der Waals surface area contributed by atoms with Crippen LogP contribution in [-0.4, -0.2) is 0 Å². The van der Waals surface area contributed by atoms with Crippen molar-refractivity contribution in [2.75, 3.05) is 0 Å². The summed E-state index contributed by atoms with van der Waals surface area (Å²) in [5, 5.41) is 0.671. The Morgan fingerprint density at radius 3 is 2.47 bits per heavy atom. The van der Waals surface area contributed by atoms with Gasteiger partial charge in [0, 0.05) is 0 Å². The van der Waals surface area contributed by atoms with E-state index in [0.29, 0.717) is 15.8 Å². The Balaban J connectivity index is 2.34. The Kier molecular flexibility index (Phi) is 3.25. The molecule has 0 aliphatic carbocycles. The van der Waals surface area contributed by atoms with Gasteiger partial charge in [-0.15, -0.1) is 11.6 Å². The van der Waals surface area contributed by atoms with Crippen molar-refractivity contribution in [1.82, 2.24) is 0 Å². The quantitative estimate of drug-likeness (QED) is 0.700. The van der Waals surface area contributed by atoms with E-state index in [0.717, 1.165) is 5.56 Å². The Bertz CT molecular complexity index is 451. The van der Waals surface area contributed by atoms with Crippen LogP contribution in [0, 0.1) is 0 Å². The second kappa shape index (κ2) is 4.48. The Hall–Kier alpha value is -0.630. The molecule has 0 radical (unpaired) electrons. The minimum Gasteiger partial charge on any atom is -0.467 e. The zero-order valence-electron chi connectivity index (χ0n) is 7.58. The van der Waals surface area contributed by atoms with Gasteiger partial charge in [0.25, 0.3) is 0 Å². The number of halogens is 3. The Morgan fingerprint density at radius 1 is 1.07 bits per heavy atom. The molecule has 0 aliphatic heterocycles. The molecule has 0 saturated heterocycles. The van der Waals surface area contributed by atoms with Crippen LogP contribution >= 0.6 is 34.8 Å². The lowest BCUT2D eigenvalue weighted by atomic mass is 10.1. The lowest BCUT2D eigenvalue weighted by molar-refractivity contribution is 0.516. The van der Waals surface area contributed by atoms with Crippen LogP contribution in [0.15, 0.2) is 41.0 Å². The summed E-state index contributed by atoms with van der Waals surface area (Å²) >= 11 is 17.9. The van der Waals surface area contributed by atoms with Crippen LogP contribution in [-0.2, 0) is 0 Å². The molecule has 0 saturated carbocycles. The van der Waals surface area contributed by atoms with Gasteiger partial charge in [0.15, 0.2) is 0 Å². The molecule has 1 aromatic carbocycles. The number of rotatable bonds is 2. The summed E-state index contributed by atoms with van der Waals surface area (Å²) in [5.74, 6) is 0.690. The second-order valence-corrected chi connectivity index (χ2v) is 4.30. The summed E-state index contributed by atoms with van der Waals surface area (Å²) in [7, 11) is 0. The van der Waals surface area contributed by atoms with Crippen molar-refractivity contribution in [2.24, 2.45) is 0 Å². The highest BCUT2D eigenvalue weighted by Crippen LogP contribution is 2.32. The number of benzene rings is 1. The van der Waals surface area contributed by atoms with Crippen LogP contribution in [0.25, 0.3) is 0 Å². The maximum absolute atomic E-state index is 6.20. The van der Waals surface area contributed by atoms with Gasteiger partial charge in [0.1, 0.15) is 11.1 Å². The molecule has 0 bridgehead atoms. The minimum absolute atomic E-state index is 0.338. The predicted molar refractivity (Wildman–Crippen MR) is 62.9 cm³/mol. The van der Waals surface area contributed by atoms with Crippen LogP contribution in [0.1, 0.15) is 16.7 Å². The normalized spacial score (nSPS) is 12.7. The van der Waals surface area contributed by atoms with Crippen molar-refractivity contribution in [1.29, 1.82) is 0 Å².